The molecule has 0 fully saturated rings. The molecule has 0 aromatic heterocycles. The molecule has 0 N–H and O–H groups in total. The molecule has 0 amide bonds. The summed E-state index contributed by atoms with van der Waals surface area (Å²) in [4.78, 5) is 10.4. The second-order valence-electron chi connectivity index (χ2n) is 2.32. The molecule has 0 aromatic carbocycles. The molecule has 0 spiro atoms. The fourth-order valence-corrected chi connectivity index (χ4v) is 1.31. The molecular weight excluding hydrogens is 219 g/mol. The van der Waals surface area contributed by atoms with E-state index in [4.69, 9.17) is 0 Å². The Kier molecular flexibility index (Phi) is 2.23. The van der Waals surface area contributed by atoms with Crippen molar-refractivity contribution in [2.24, 2.45) is 0 Å². The third kappa shape index (κ3) is 6.38. The molecule has 0 atom stereocenters. The normalized spacial score (nSPS) is 18.8. The zero-order chi connectivity index (χ0) is 11.0. The van der Waals surface area contributed by atoms with Gasteiger partial charge in [0.25, 0.3) is 0 Å². The third-order valence-electron chi connectivity index (χ3n) is 0.907. The lowest BCUT2D eigenvalue weighted by Crippen LogP contribution is -2.07. The minimum absolute atomic E-state index is 0.601. The van der Waals surface area contributed by atoms with E-state index in [-0.39, 0.29) is 0 Å². The van der Waals surface area contributed by atoms with Gasteiger partial charge in [-0.2, -0.15) is 0 Å². The molecule has 13 heavy (non-hydrogen) atoms. The number of rotatable bonds is 2. The molecule has 0 saturated heterocycles. The molecule has 0 aliphatic carbocycles. The Labute approximate surface area is 71.1 Å². The van der Waals surface area contributed by atoms with Gasteiger partial charge >= 0.3 is 16.2 Å². The predicted octanol–water partition coefficient (Wildman–Crippen LogP) is 3.36. The van der Waals surface area contributed by atoms with Crippen LogP contribution in [0.2, 0.25) is 0 Å². The molecule has 80 valence electrons. The maximum Gasteiger partial charge on any atom is 0.334 e. The summed E-state index contributed by atoms with van der Waals surface area (Å²) in [6, 6.07) is 0. The molecule has 2 nitrogen and oxygen atoms in total. The van der Waals surface area contributed by atoms with Crippen molar-refractivity contribution >= 4 is 16.2 Å². The van der Waals surface area contributed by atoms with E-state index in [1.165, 1.54) is 0 Å². The molecule has 0 bridgehead atoms. The quantitative estimate of drug-likeness (QED) is 0.410. The number of carbonyl (C=O) groups excluding carboxylic acids is 1. The summed E-state index contributed by atoms with van der Waals surface area (Å²) < 4.78 is 62.2. The lowest BCUT2D eigenvalue weighted by atomic mass is 10.4. The van der Waals surface area contributed by atoms with E-state index in [1.807, 2.05) is 0 Å². The Morgan fingerprint density at radius 2 is 1.62 bits per heavy atom. The van der Waals surface area contributed by atoms with Crippen LogP contribution in [0.4, 0.5) is 19.4 Å². The van der Waals surface area contributed by atoms with E-state index in [2.05, 4.69) is 4.74 Å². The van der Waals surface area contributed by atoms with Crippen LogP contribution in [0.25, 0.3) is 0 Å². The summed E-state index contributed by atoms with van der Waals surface area (Å²) in [5.74, 6) is -1.44. The van der Waals surface area contributed by atoms with Gasteiger partial charge in [0, 0.05) is 5.57 Å². The van der Waals surface area contributed by atoms with Gasteiger partial charge in [0.1, 0.15) is 0 Å². The molecule has 0 rings (SSSR count). The second-order valence-corrected chi connectivity index (χ2v) is 4.61. The number of methoxy groups -OCH3 is 1. The van der Waals surface area contributed by atoms with E-state index >= 15 is 0 Å². The van der Waals surface area contributed by atoms with Gasteiger partial charge in [0.05, 0.1) is 12.5 Å². The fraction of sp³-hybridized carbons (Fsp3) is 0.400. The van der Waals surface area contributed by atoms with Crippen molar-refractivity contribution in [1.82, 2.24) is 0 Å². The zero-order valence-corrected chi connectivity index (χ0v) is 7.51. The number of ether oxygens (including phenoxy) is 1. The highest BCUT2D eigenvalue weighted by molar-refractivity contribution is 8.48. The molecular formula is C5H7F5O2S. The Bertz CT molecular complexity index is 262. The van der Waals surface area contributed by atoms with E-state index in [9.17, 15) is 24.2 Å². The van der Waals surface area contributed by atoms with Crippen LogP contribution >= 0.6 is 10.2 Å². The van der Waals surface area contributed by atoms with Crippen molar-refractivity contribution in [3.63, 3.8) is 0 Å². The molecule has 0 unspecified atom stereocenters. The van der Waals surface area contributed by atoms with Crippen LogP contribution < -0.4 is 0 Å². The second kappa shape index (κ2) is 2.37. The van der Waals surface area contributed by atoms with Crippen molar-refractivity contribution in [3.05, 3.63) is 11.0 Å². The summed E-state index contributed by atoms with van der Waals surface area (Å²) in [5.41, 5.74) is -1.18. The Morgan fingerprint density at radius 3 is 1.85 bits per heavy atom. The molecule has 8 heteroatoms. The van der Waals surface area contributed by atoms with E-state index < -0.39 is 27.2 Å². The first-order chi connectivity index (χ1) is 5.34. The van der Waals surface area contributed by atoms with Gasteiger partial charge in [0.2, 0.25) is 0 Å². The van der Waals surface area contributed by atoms with Crippen molar-refractivity contribution in [1.29, 1.82) is 0 Å². The summed E-state index contributed by atoms with van der Waals surface area (Å²) in [7, 11) is -8.86. The Morgan fingerprint density at radius 1 is 1.23 bits per heavy atom. The van der Waals surface area contributed by atoms with Gasteiger partial charge in [-0.3, -0.25) is 0 Å². The zero-order valence-electron chi connectivity index (χ0n) is 6.69. The first kappa shape index (κ1) is 12.2. The van der Waals surface area contributed by atoms with Crippen LogP contribution in [0.5, 0.6) is 0 Å². The molecule has 0 radical (unpaired) electrons. The van der Waals surface area contributed by atoms with E-state index in [0.29, 0.717) is 6.92 Å². The fourth-order valence-electron chi connectivity index (χ4n) is 0.543. The minimum atomic E-state index is -9.65. The van der Waals surface area contributed by atoms with Crippen molar-refractivity contribution < 1.29 is 29.0 Å². The maximum absolute atomic E-state index is 11.7. The Hall–Kier alpha value is -0.790. The van der Waals surface area contributed by atoms with Gasteiger partial charge in [-0.05, 0) is 6.92 Å². The number of esters is 1. The van der Waals surface area contributed by atoms with Crippen LogP contribution in [0, 0.1) is 0 Å². The van der Waals surface area contributed by atoms with Crippen molar-refractivity contribution in [3.8, 4) is 0 Å². The van der Waals surface area contributed by atoms with Crippen molar-refractivity contribution in [2.75, 3.05) is 7.11 Å². The van der Waals surface area contributed by atoms with Gasteiger partial charge in [0.15, 0.2) is 0 Å². The average molecular weight is 226 g/mol. The van der Waals surface area contributed by atoms with Gasteiger partial charge in [-0.25, -0.2) is 4.79 Å². The molecule has 0 saturated carbocycles. The van der Waals surface area contributed by atoms with Crippen LogP contribution in [0.3, 0.4) is 0 Å². The first-order valence-corrected chi connectivity index (χ1v) is 4.88. The number of halogens is 5. The summed E-state index contributed by atoms with van der Waals surface area (Å²) in [6.07, 6.45) is 0. The highest BCUT2D eigenvalue weighted by Gasteiger charge is 2.61. The highest BCUT2D eigenvalue weighted by atomic mass is 32.5. The van der Waals surface area contributed by atoms with Crippen LogP contribution in [-0.4, -0.2) is 13.1 Å². The average Bonchev–Trinajstić information content (AvgIpc) is 1.78. The topological polar surface area (TPSA) is 26.3 Å². The Balaban J connectivity index is 5.11. The maximum atomic E-state index is 11.7. The van der Waals surface area contributed by atoms with Gasteiger partial charge in [-0.15, -0.1) is 0 Å². The lowest BCUT2D eigenvalue weighted by molar-refractivity contribution is -0.136. The smallest absolute Gasteiger partial charge is 0.334 e. The van der Waals surface area contributed by atoms with Gasteiger partial charge in [-0.1, -0.05) is 19.4 Å². The van der Waals surface area contributed by atoms with E-state index in [1.54, 1.807) is 0 Å². The molecule has 0 aliphatic heterocycles. The molecule has 0 aliphatic rings. The molecule has 0 aromatic rings. The number of carbonyl (C=O) groups is 1. The molecule has 0 heterocycles. The lowest BCUT2D eigenvalue weighted by Gasteiger charge is -2.37. The van der Waals surface area contributed by atoms with E-state index in [0.717, 1.165) is 7.11 Å². The third-order valence-corrected chi connectivity index (χ3v) is 1.71. The summed E-state index contributed by atoms with van der Waals surface area (Å²) in [5, 5.41) is -1.27. The van der Waals surface area contributed by atoms with Gasteiger partial charge < -0.3 is 4.74 Å². The first-order valence-electron chi connectivity index (χ1n) is 2.86. The highest BCUT2D eigenvalue weighted by Crippen LogP contribution is 2.99. The van der Waals surface area contributed by atoms with Crippen LogP contribution in [-0.2, 0) is 9.53 Å². The van der Waals surface area contributed by atoms with Crippen LogP contribution in [0.15, 0.2) is 11.0 Å². The monoisotopic (exact) mass is 226 g/mol. The standard InChI is InChI=1S/C5H7F5O2S/c1-4(5(11)12-2)3-13(6,7,8,9)10/h3H,1-2H3/b4-3+. The largest absolute Gasteiger partial charge is 0.466 e. The predicted molar refractivity (Wildman–Crippen MR) is 38.9 cm³/mol. The SMILES string of the molecule is COC(=O)/C(C)=C/S(F)(F)(F)(F)F. The number of hydrogen-bond donors (Lipinski definition) is 0. The summed E-state index contributed by atoms with van der Waals surface area (Å²) in [6.45, 7) is 0.601. The summed E-state index contributed by atoms with van der Waals surface area (Å²) >= 11 is 0. The van der Waals surface area contributed by atoms with Crippen molar-refractivity contribution in [2.45, 2.75) is 6.92 Å². The number of hydrogen-bond acceptors (Lipinski definition) is 2. The minimum Gasteiger partial charge on any atom is -0.466 e. The van der Waals surface area contributed by atoms with Crippen LogP contribution in [0.1, 0.15) is 6.92 Å².